The van der Waals surface area contributed by atoms with E-state index in [4.69, 9.17) is 4.42 Å². The number of hydrogen-bond donors (Lipinski definition) is 0. The summed E-state index contributed by atoms with van der Waals surface area (Å²) in [5.74, 6) is -2.40. The average Bonchev–Trinajstić information content (AvgIpc) is 2.64. The number of nitrogens with zero attached hydrogens (tertiary/aromatic N) is 1. The predicted molar refractivity (Wildman–Crippen MR) is 59.0 cm³/mol. The van der Waals surface area contributed by atoms with Gasteiger partial charge in [0.25, 0.3) is 0 Å². The number of furan rings is 1. The van der Waals surface area contributed by atoms with E-state index in [1.165, 1.54) is 12.3 Å². The van der Waals surface area contributed by atoms with Crippen LogP contribution < -0.4 is 0 Å². The van der Waals surface area contributed by atoms with Crippen LogP contribution in [-0.4, -0.2) is 31.3 Å². The lowest BCUT2D eigenvalue weighted by molar-refractivity contribution is 0.0949. The normalized spacial score (nSPS) is 11.4. The molecular weight excluding hydrogens is 228 g/mol. The molecule has 0 unspecified atom stereocenters. The lowest BCUT2D eigenvalue weighted by atomic mass is 10.1. The minimum Gasteiger partial charge on any atom is -0.461 e. The number of hydrogen-bond acceptors (Lipinski definition) is 3. The molecule has 1 aromatic heterocycles. The molecule has 0 saturated heterocycles. The zero-order valence-corrected chi connectivity index (χ0v) is 9.46. The molecule has 0 spiro atoms. The van der Waals surface area contributed by atoms with Gasteiger partial charge in [-0.3, -0.25) is 4.79 Å². The maximum Gasteiger partial charge on any atom is 0.182 e. The highest BCUT2D eigenvalue weighted by atomic mass is 19.1. The second-order valence-electron chi connectivity index (χ2n) is 4.05. The molecule has 0 radical (unpaired) electrons. The summed E-state index contributed by atoms with van der Waals surface area (Å²) in [4.78, 5) is 13.2. The molecule has 2 rings (SSSR count). The molecule has 0 aliphatic rings. The topological polar surface area (TPSA) is 33.5 Å². The van der Waals surface area contributed by atoms with Gasteiger partial charge < -0.3 is 9.32 Å². The number of benzene rings is 1. The monoisotopic (exact) mass is 239 g/mol. The Kier molecular flexibility index (Phi) is 2.93. The number of likely N-dealkylation sites (N-methyl/N-ethyl adjacent to an activating group) is 1. The van der Waals surface area contributed by atoms with Gasteiger partial charge >= 0.3 is 0 Å². The SMILES string of the molecule is CN(C)CC(=O)c1c(F)cc2ccoc2c1F. The molecule has 0 fully saturated rings. The van der Waals surface area contributed by atoms with Gasteiger partial charge in [-0.15, -0.1) is 0 Å². The third kappa shape index (κ3) is 2.06. The number of rotatable bonds is 3. The van der Waals surface area contributed by atoms with Crippen molar-refractivity contribution in [3.8, 4) is 0 Å². The molecule has 3 nitrogen and oxygen atoms in total. The van der Waals surface area contributed by atoms with Crippen LogP contribution in [0.4, 0.5) is 8.78 Å². The first-order valence-corrected chi connectivity index (χ1v) is 5.04. The highest BCUT2D eigenvalue weighted by Gasteiger charge is 2.22. The van der Waals surface area contributed by atoms with E-state index in [0.717, 1.165) is 6.07 Å². The molecule has 1 aromatic carbocycles. The summed E-state index contributed by atoms with van der Waals surface area (Å²) in [7, 11) is 3.30. The summed E-state index contributed by atoms with van der Waals surface area (Å²) < 4.78 is 32.4. The number of carbonyl (C=O) groups is 1. The van der Waals surface area contributed by atoms with Gasteiger partial charge in [-0.1, -0.05) is 0 Å². The number of carbonyl (C=O) groups excluding carboxylic acids is 1. The number of fused-ring (bicyclic) bond motifs is 1. The van der Waals surface area contributed by atoms with Crippen LogP contribution in [0.15, 0.2) is 22.8 Å². The first-order chi connectivity index (χ1) is 8.00. The third-order valence-electron chi connectivity index (χ3n) is 2.37. The van der Waals surface area contributed by atoms with Crippen LogP contribution in [0.1, 0.15) is 10.4 Å². The Labute approximate surface area is 96.6 Å². The number of ketones is 1. The maximum absolute atomic E-state index is 13.9. The molecule has 1 heterocycles. The van der Waals surface area contributed by atoms with Crippen molar-refractivity contribution in [3.05, 3.63) is 35.6 Å². The van der Waals surface area contributed by atoms with Crippen LogP contribution in [0.3, 0.4) is 0 Å². The number of Topliss-reactive ketones (excluding diaryl/α,β-unsaturated/α-hetero) is 1. The van der Waals surface area contributed by atoms with Crippen LogP contribution in [0, 0.1) is 11.6 Å². The summed E-state index contributed by atoms with van der Waals surface area (Å²) in [5, 5.41) is 0.307. The van der Waals surface area contributed by atoms with E-state index in [1.54, 1.807) is 19.0 Å². The second-order valence-corrected chi connectivity index (χ2v) is 4.05. The van der Waals surface area contributed by atoms with Crippen LogP contribution in [-0.2, 0) is 0 Å². The van der Waals surface area contributed by atoms with Crippen LogP contribution in [0.2, 0.25) is 0 Å². The summed E-state index contributed by atoms with van der Waals surface area (Å²) >= 11 is 0. The lowest BCUT2D eigenvalue weighted by Gasteiger charge is -2.09. The molecule has 17 heavy (non-hydrogen) atoms. The highest BCUT2D eigenvalue weighted by molar-refractivity contribution is 6.01. The molecule has 0 atom stereocenters. The van der Waals surface area contributed by atoms with E-state index in [9.17, 15) is 13.6 Å². The Morgan fingerprint density at radius 3 is 2.76 bits per heavy atom. The molecule has 0 aliphatic heterocycles. The molecule has 0 saturated carbocycles. The van der Waals surface area contributed by atoms with E-state index < -0.39 is 23.0 Å². The summed E-state index contributed by atoms with van der Waals surface area (Å²) in [6.45, 7) is -0.0555. The Balaban J connectivity index is 2.56. The fourth-order valence-electron chi connectivity index (χ4n) is 1.66. The minimum atomic E-state index is -0.933. The van der Waals surface area contributed by atoms with Crippen molar-refractivity contribution in [2.24, 2.45) is 0 Å². The van der Waals surface area contributed by atoms with Crippen LogP contribution in [0.25, 0.3) is 11.0 Å². The van der Waals surface area contributed by atoms with Crippen molar-refractivity contribution in [1.29, 1.82) is 0 Å². The quantitative estimate of drug-likeness (QED) is 0.771. The molecule has 0 bridgehead atoms. The summed E-state index contributed by atoms with van der Waals surface area (Å²) in [6, 6.07) is 2.55. The van der Waals surface area contributed by atoms with Gasteiger partial charge in [0.15, 0.2) is 17.2 Å². The van der Waals surface area contributed by atoms with Crippen molar-refractivity contribution in [2.75, 3.05) is 20.6 Å². The molecule has 0 N–H and O–H groups in total. The fraction of sp³-hybridized carbons (Fsp3) is 0.250. The van der Waals surface area contributed by atoms with Gasteiger partial charge in [-0.25, -0.2) is 8.78 Å². The van der Waals surface area contributed by atoms with Gasteiger partial charge in [0.2, 0.25) is 0 Å². The first kappa shape index (κ1) is 11.7. The van der Waals surface area contributed by atoms with E-state index in [2.05, 4.69) is 0 Å². The average molecular weight is 239 g/mol. The predicted octanol–water partition coefficient (Wildman–Crippen LogP) is 2.46. The lowest BCUT2D eigenvalue weighted by Crippen LogP contribution is -2.23. The van der Waals surface area contributed by atoms with Gasteiger partial charge in [-0.2, -0.15) is 0 Å². The molecule has 0 aliphatic carbocycles. The van der Waals surface area contributed by atoms with Crippen molar-refractivity contribution in [1.82, 2.24) is 4.90 Å². The molecule has 90 valence electrons. The summed E-state index contributed by atoms with van der Waals surface area (Å²) in [6.07, 6.45) is 1.26. The van der Waals surface area contributed by atoms with Gasteiger partial charge in [0.1, 0.15) is 5.82 Å². The standard InChI is InChI=1S/C12H11F2NO2/c1-15(2)6-9(16)10-8(13)5-7-3-4-17-12(7)11(10)14/h3-5H,6H2,1-2H3. The van der Waals surface area contributed by atoms with Crippen LogP contribution in [0.5, 0.6) is 0 Å². The van der Waals surface area contributed by atoms with Crippen LogP contribution >= 0.6 is 0 Å². The molecule has 2 aromatic rings. The maximum atomic E-state index is 13.9. The Morgan fingerprint density at radius 1 is 1.41 bits per heavy atom. The number of halogens is 2. The highest BCUT2D eigenvalue weighted by Crippen LogP contribution is 2.25. The summed E-state index contributed by atoms with van der Waals surface area (Å²) in [5.41, 5.74) is -0.630. The fourth-order valence-corrected chi connectivity index (χ4v) is 1.66. The third-order valence-corrected chi connectivity index (χ3v) is 2.37. The van der Waals surface area contributed by atoms with Gasteiger partial charge in [0.05, 0.1) is 18.4 Å². The molecule has 0 amide bonds. The smallest absolute Gasteiger partial charge is 0.182 e. The molecule has 5 heteroatoms. The second kappa shape index (κ2) is 4.25. The van der Waals surface area contributed by atoms with E-state index in [0.29, 0.717) is 5.39 Å². The minimum absolute atomic E-state index is 0.0555. The van der Waals surface area contributed by atoms with Gasteiger partial charge in [0, 0.05) is 5.39 Å². The zero-order chi connectivity index (χ0) is 12.6. The largest absolute Gasteiger partial charge is 0.461 e. The van der Waals surface area contributed by atoms with Crippen molar-refractivity contribution < 1.29 is 18.0 Å². The van der Waals surface area contributed by atoms with Crippen molar-refractivity contribution >= 4 is 16.8 Å². The van der Waals surface area contributed by atoms with Crippen molar-refractivity contribution in [2.45, 2.75) is 0 Å². The Hall–Kier alpha value is -1.75. The van der Waals surface area contributed by atoms with E-state index in [1.807, 2.05) is 0 Å². The van der Waals surface area contributed by atoms with E-state index in [-0.39, 0.29) is 12.1 Å². The first-order valence-electron chi connectivity index (χ1n) is 5.04. The van der Waals surface area contributed by atoms with E-state index >= 15 is 0 Å². The Morgan fingerprint density at radius 2 is 2.12 bits per heavy atom. The van der Waals surface area contributed by atoms with Gasteiger partial charge in [-0.05, 0) is 26.2 Å². The zero-order valence-electron chi connectivity index (χ0n) is 9.46. The molecular formula is C12H11F2NO2. The van der Waals surface area contributed by atoms with Crippen molar-refractivity contribution in [3.63, 3.8) is 0 Å². The Bertz CT molecular complexity index is 575.